The number of nitrogens with one attached hydrogen (secondary N) is 1. The summed E-state index contributed by atoms with van der Waals surface area (Å²) in [5.74, 6) is 0. The molecular formula is C15H14Cl3N. The Morgan fingerprint density at radius 2 is 1.68 bits per heavy atom. The van der Waals surface area contributed by atoms with Crippen molar-refractivity contribution in [2.75, 3.05) is 0 Å². The Balaban J connectivity index is 2.02. The lowest BCUT2D eigenvalue weighted by Gasteiger charge is -2.16. The summed E-state index contributed by atoms with van der Waals surface area (Å²) in [5.41, 5.74) is 2.18. The first-order valence-electron chi connectivity index (χ1n) is 5.99. The van der Waals surface area contributed by atoms with Gasteiger partial charge in [0.25, 0.3) is 0 Å². The Morgan fingerprint density at radius 3 is 2.37 bits per heavy atom. The molecule has 1 nitrogen and oxygen atoms in total. The van der Waals surface area contributed by atoms with Crippen molar-refractivity contribution in [2.24, 2.45) is 0 Å². The molecule has 100 valence electrons. The van der Waals surface area contributed by atoms with Crippen molar-refractivity contribution in [3.05, 3.63) is 68.7 Å². The van der Waals surface area contributed by atoms with Crippen LogP contribution in [0.1, 0.15) is 24.1 Å². The Kier molecular flexibility index (Phi) is 5.12. The first-order chi connectivity index (χ1) is 9.08. The highest BCUT2D eigenvalue weighted by Gasteiger charge is 2.08. The summed E-state index contributed by atoms with van der Waals surface area (Å²) >= 11 is 18.0. The normalized spacial score (nSPS) is 12.4. The molecule has 1 N–H and O–H groups in total. The van der Waals surface area contributed by atoms with E-state index < -0.39 is 0 Å². The zero-order valence-electron chi connectivity index (χ0n) is 10.5. The summed E-state index contributed by atoms with van der Waals surface area (Å²) in [6, 6.07) is 13.6. The maximum absolute atomic E-state index is 6.17. The van der Waals surface area contributed by atoms with Crippen molar-refractivity contribution in [1.82, 2.24) is 5.32 Å². The van der Waals surface area contributed by atoms with Gasteiger partial charge in [-0.2, -0.15) is 0 Å². The van der Waals surface area contributed by atoms with Crippen LogP contribution in [0.2, 0.25) is 15.1 Å². The largest absolute Gasteiger partial charge is 0.306 e. The van der Waals surface area contributed by atoms with Crippen molar-refractivity contribution in [2.45, 2.75) is 19.5 Å². The summed E-state index contributed by atoms with van der Waals surface area (Å²) < 4.78 is 0. The van der Waals surface area contributed by atoms with Gasteiger partial charge in [0.1, 0.15) is 0 Å². The number of rotatable bonds is 4. The molecule has 0 saturated carbocycles. The van der Waals surface area contributed by atoms with E-state index >= 15 is 0 Å². The number of benzene rings is 2. The molecule has 0 aliphatic carbocycles. The molecule has 2 aromatic rings. The molecule has 19 heavy (non-hydrogen) atoms. The summed E-state index contributed by atoms with van der Waals surface area (Å²) in [7, 11) is 0. The second-order valence-corrected chi connectivity index (χ2v) is 5.59. The Hall–Kier alpha value is -0.730. The van der Waals surface area contributed by atoms with E-state index in [4.69, 9.17) is 34.8 Å². The minimum absolute atomic E-state index is 0.170. The van der Waals surface area contributed by atoms with Crippen LogP contribution in [0.5, 0.6) is 0 Å². The van der Waals surface area contributed by atoms with Crippen molar-refractivity contribution >= 4 is 34.8 Å². The van der Waals surface area contributed by atoms with Crippen LogP contribution < -0.4 is 5.32 Å². The molecule has 0 spiro atoms. The molecule has 4 heteroatoms. The van der Waals surface area contributed by atoms with Gasteiger partial charge in [-0.05, 0) is 36.2 Å². The summed E-state index contributed by atoms with van der Waals surface area (Å²) in [4.78, 5) is 0. The van der Waals surface area contributed by atoms with Crippen LogP contribution in [0.3, 0.4) is 0 Å². The summed E-state index contributed by atoms with van der Waals surface area (Å²) in [6.07, 6.45) is 0. The number of halogens is 3. The molecule has 2 aromatic carbocycles. The standard InChI is InChI=1S/C15H14Cl3N/c1-10(12-4-2-3-5-13(12)16)19-9-11-6-7-14(17)15(18)8-11/h2-8,10,19H,9H2,1H3/t10-/m1/s1. The fraction of sp³-hybridized carbons (Fsp3) is 0.200. The second-order valence-electron chi connectivity index (χ2n) is 4.37. The maximum Gasteiger partial charge on any atom is 0.0595 e. The van der Waals surface area contributed by atoms with Crippen molar-refractivity contribution in [3.8, 4) is 0 Å². The lowest BCUT2D eigenvalue weighted by atomic mass is 10.1. The monoisotopic (exact) mass is 313 g/mol. The van der Waals surface area contributed by atoms with Gasteiger partial charge in [-0.1, -0.05) is 59.1 Å². The van der Waals surface area contributed by atoms with E-state index in [1.807, 2.05) is 36.4 Å². The van der Waals surface area contributed by atoms with Gasteiger partial charge in [-0.25, -0.2) is 0 Å². The number of hydrogen-bond acceptors (Lipinski definition) is 1. The van der Waals surface area contributed by atoms with E-state index in [9.17, 15) is 0 Å². The predicted octanol–water partition coefficient (Wildman–Crippen LogP) is 5.50. The van der Waals surface area contributed by atoms with Crippen LogP contribution in [-0.2, 0) is 6.54 Å². The van der Waals surface area contributed by atoms with Gasteiger partial charge < -0.3 is 5.32 Å². The molecule has 0 aromatic heterocycles. The van der Waals surface area contributed by atoms with Gasteiger partial charge in [0, 0.05) is 17.6 Å². The van der Waals surface area contributed by atoms with Crippen LogP contribution in [0.15, 0.2) is 42.5 Å². The third-order valence-corrected chi connectivity index (χ3v) is 4.05. The molecule has 0 fully saturated rings. The van der Waals surface area contributed by atoms with Gasteiger partial charge >= 0.3 is 0 Å². The van der Waals surface area contributed by atoms with Crippen LogP contribution in [-0.4, -0.2) is 0 Å². The van der Waals surface area contributed by atoms with Crippen LogP contribution >= 0.6 is 34.8 Å². The van der Waals surface area contributed by atoms with E-state index in [-0.39, 0.29) is 6.04 Å². The van der Waals surface area contributed by atoms with E-state index in [1.54, 1.807) is 6.07 Å². The van der Waals surface area contributed by atoms with E-state index in [0.29, 0.717) is 16.6 Å². The Labute approximate surface area is 128 Å². The summed E-state index contributed by atoms with van der Waals surface area (Å²) in [5, 5.41) is 5.34. The van der Waals surface area contributed by atoms with Crippen LogP contribution in [0.4, 0.5) is 0 Å². The average molecular weight is 315 g/mol. The lowest BCUT2D eigenvalue weighted by molar-refractivity contribution is 0.575. The fourth-order valence-electron chi connectivity index (χ4n) is 1.86. The molecular weight excluding hydrogens is 301 g/mol. The second kappa shape index (κ2) is 6.62. The minimum atomic E-state index is 0.170. The lowest BCUT2D eigenvalue weighted by Crippen LogP contribution is -2.18. The number of hydrogen-bond donors (Lipinski definition) is 1. The average Bonchev–Trinajstić information content (AvgIpc) is 2.40. The topological polar surface area (TPSA) is 12.0 Å². The highest BCUT2D eigenvalue weighted by molar-refractivity contribution is 6.42. The Bertz CT molecular complexity index is 569. The molecule has 0 radical (unpaired) electrons. The third kappa shape index (κ3) is 3.87. The first kappa shape index (κ1) is 14.7. The highest BCUT2D eigenvalue weighted by atomic mass is 35.5. The van der Waals surface area contributed by atoms with Gasteiger partial charge in [0.05, 0.1) is 10.0 Å². The molecule has 0 aliphatic heterocycles. The van der Waals surface area contributed by atoms with Crippen LogP contribution in [0, 0.1) is 0 Å². The molecule has 0 bridgehead atoms. The maximum atomic E-state index is 6.17. The van der Waals surface area contributed by atoms with Gasteiger partial charge in [-0.3, -0.25) is 0 Å². The molecule has 0 amide bonds. The SMILES string of the molecule is C[C@@H](NCc1ccc(Cl)c(Cl)c1)c1ccccc1Cl. The molecule has 1 atom stereocenters. The molecule has 0 saturated heterocycles. The van der Waals surface area contributed by atoms with Gasteiger partial charge in [0.15, 0.2) is 0 Å². The summed E-state index contributed by atoms with van der Waals surface area (Å²) in [6.45, 7) is 2.79. The molecule has 0 unspecified atom stereocenters. The van der Waals surface area contributed by atoms with Crippen LogP contribution in [0.25, 0.3) is 0 Å². The highest BCUT2D eigenvalue weighted by Crippen LogP contribution is 2.24. The van der Waals surface area contributed by atoms with E-state index in [2.05, 4.69) is 12.2 Å². The van der Waals surface area contributed by atoms with Gasteiger partial charge in [0.2, 0.25) is 0 Å². The quantitative estimate of drug-likeness (QED) is 0.786. The fourth-order valence-corrected chi connectivity index (χ4v) is 2.48. The van der Waals surface area contributed by atoms with E-state index in [0.717, 1.165) is 16.1 Å². The third-order valence-electron chi connectivity index (χ3n) is 2.97. The van der Waals surface area contributed by atoms with Crippen molar-refractivity contribution < 1.29 is 0 Å². The van der Waals surface area contributed by atoms with Crippen molar-refractivity contribution in [3.63, 3.8) is 0 Å². The van der Waals surface area contributed by atoms with Crippen molar-refractivity contribution in [1.29, 1.82) is 0 Å². The first-order valence-corrected chi connectivity index (χ1v) is 7.13. The van der Waals surface area contributed by atoms with E-state index in [1.165, 1.54) is 0 Å². The predicted molar refractivity (Wildman–Crippen MR) is 83.2 cm³/mol. The van der Waals surface area contributed by atoms with Gasteiger partial charge in [-0.15, -0.1) is 0 Å². The molecule has 0 heterocycles. The smallest absolute Gasteiger partial charge is 0.0595 e. The zero-order valence-corrected chi connectivity index (χ0v) is 12.7. The Morgan fingerprint density at radius 1 is 0.947 bits per heavy atom. The zero-order chi connectivity index (χ0) is 13.8. The minimum Gasteiger partial charge on any atom is -0.306 e. The molecule has 2 rings (SSSR count). The molecule has 0 aliphatic rings.